The second-order valence-corrected chi connectivity index (χ2v) is 6.57. The Hall–Kier alpha value is -1.02. The maximum Gasteiger partial charge on any atom is 0.234 e. The summed E-state index contributed by atoms with van der Waals surface area (Å²) in [5.74, 6) is 0.00565. The zero-order valence-electron chi connectivity index (χ0n) is 10.3. The second-order valence-electron chi connectivity index (χ2n) is 3.56. The molecule has 9 heteroatoms. The van der Waals surface area contributed by atoms with Gasteiger partial charge in [-0.05, 0) is 12.1 Å². The van der Waals surface area contributed by atoms with Gasteiger partial charge in [0.05, 0.1) is 21.5 Å². The summed E-state index contributed by atoms with van der Waals surface area (Å²) in [6.45, 7) is 0. The van der Waals surface area contributed by atoms with Crippen LogP contribution in [0.4, 0.5) is 10.8 Å². The SMILES string of the molecule is CNc1nnc(SCC(=O)Nc2c(Cl)cccc2Cl)s1. The molecule has 2 aromatic rings. The minimum absolute atomic E-state index is 0.203. The van der Waals surface area contributed by atoms with E-state index in [1.165, 1.54) is 23.1 Å². The summed E-state index contributed by atoms with van der Waals surface area (Å²) in [7, 11) is 1.76. The maximum atomic E-state index is 11.9. The van der Waals surface area contributed by atoms with Crippen LogP contribution in [0.15, 0.2) is 22.5 Å². The van der Waals surface area contributed by atoms with E-state index in [4.69, 9.17) is 23.2 Å². The normalized spacial score (nSPS) is 10.3. The van der Waals surface area contributed by atoms with Crippen LogP contribution in [0, 0.1) is 0 Å². The highest BCUT2D eigenvalue weighted by Gasteiger charge is 2.11. The molecule has 0 fully saturated rings. The molecule has 106 valence electrons. The van der Waals surface area contributed by atoms with Crippen LogP contribution in [0.25, 0.3) is 0 Å². The quantitative estimate of drug-likeness (QED) is 0.807. The number of hydrogen-bond acceptors (Lipinski definition) is 6. The number of benzene rings is 1. The van der Waals surface area contributed by atoms with E-state index in [9.17, 15) is 4.79 Å². The molecule has 1 amide bonds. The highest BCUT2D eigenvalue weighted by molar-refractivity contribution is 8.01. The third-order valence-electron chi connectivity index (χ3n) is 2.17. The third-order valence-corrected chi connectivity index (χ3v) is 4.88. The van der Waals surface area contributed by atoms with Crippen molar-refractivity contribution in [2.75, 3.05) is 23.4 Å². The zero-order valence-corrected chi connectivity index (χ0v) is 13.5. The summed E-state index contributed by atoms with van der Waals surface area (Å²) >= 11 is 14.6. The standard InChI is InChI=1S/C11H10Cl2N4OS2/c1-14-10-16-17-11(20-10)19-5-8(18)15-9-6(12)3-2-4-7(9)13/h2-4H,5H2,1H3,(H,14,16)(H,15,18). The third kappa shape index (κ3) is 3.99. The fraction of sp³-hybridized carbons (Fsp3) is 0.182. The molecule has 2 N–H and O–H groups in total. The number of carbonyl (C=O) groups excluding carboxylic acids is 1. The first-order chi connectivity index (χ1) is 9.60. The number of hydrogen-bond donors (Lipinski definition) is 2. The molecule has 0 saturated carbocycles. The average molecular weight is 349 g/mol. The van der Waals surface area contributed by atoms with Crippen LogP contribution in [0.1, 0.15) is 0 Å². The van der Waals surface area contributed by atoms with Crippen molar-refractivity contribution in [3.63, 3.8) is 0 Å². The van der Waals surface area contributed by atoms with Crippen molar-refractivity contribution in [1.29, 1.82) is 0 Å². The number of rotatable bonds is 5. The first kappa shape index (κ1) is 15.4. The lowest BCUT2D eigenvalue weighted by Gasteiger charge is -2.08. The van der Waals surface area contributed by atoms with Gasteiger partial charge in [-0.2, -0.15) is 0 Å². The van der Waals surface area contributed by atoms with Crippen LogP contribution < -0.4 is 10.6 Å². The first-order valence-corrected chi connectivity index (χ1v) is 8.04. The van der Waals surface area contributed by atoms with Gasteiger partial charge in [0.2, 0.25) is 11.0 Å². The molecule has 1 aromatic heterocycles. The van der Waals surface area contributed by atoms with Crippen molar-refractivity contribution in [3.8, 4) is 0 Å². The van der Waals surface area contributed by atoms with Gasteiger partial charge in [0, 0.05) is 7.05 Å². The summed E-state index contributed by atoms with van der Waals surface area (Å²) in [5, 5.41) is 14.9. The predicted octanol–water partition coefficient (Wildman–Crippen LogP) is 3.62. The highest BCUT2D eigenvalue weighted by atomic mass is 35.5. The van der Waals surface area contributed by atoms with Crippen molar-refractivity contribution < 1.29 is 4.79 Å². The number of nitrogens with zero attached hydrogens (tertiary/aromatic N) is 2. The van der Waals surface area contributed by atoms with Crippen molar-refractivity contribution in [1.82, 2.24) is 10.2 Å². The van der Waals surface area contributed by atoms with Crippen LogP contribution in [0.2, 0.25) is 10.0 Å². The summed E-state index contributed by atoms with van der Waals surface area (Å²) in [6.07, 6.45) is 0. The van der Waals surface area contributed by atoms with E-state index in [0.29, 0.717) is 20.9 Å². The predicted molar refractivity (Wildman–Crippen MR) is 85.3 cm³/mol. The average Bonchev–Trinajstić information content (AvgIpc) is 2.89. The Morgan fingerprint density at radius 2 is 2.05 bits per heavy atom. The number of aromatic nitrogens is 2. The first-order valence-electron chi connectivity index (χ1n) is 5.48. The Morgan fingerprint density at radius 3 is 2.65 bits per heavy atom. The number of para-hydroxylation sites is 1. The minimum atomic E-state index is -0.203. The van der Waals surface area contributed by atoms with Crippen LogP contribution in [0.5, 0.6) is 0 Å². The van der Waals surface area contributed by atoms with E-state index in [1.54, 1.807) is 25.2 Å². The summed E-state index contributed by atoms with van der Waals surface area (Å²) in [5.41, 5.74) is 0.426. The van der Waals surface area contributed by atoms with E-state index in [2.05, 4.69) is 20.8 Å². The number of amides is 1. The summed E-state index contributed by atoms with van der Waals surface area (Å²) in [6, 6.07) is 5.05. The fourth-order valence-electron chi connectivity index (χ4n) is 1.29. The molecule has 0 atom stereocenters. The number of halogens is 2. The van der Waals surface area contributed by atoms with Gasteiger partial charge < -0.3 is 10.6 Å². The van der Waals surface area contributed by atoms with Gasteiger partial charge in [-0.1, -0.05) is 52.4 Å². The number of thioether (sulfide) groups is 1. The number of anilines is 2. The fourth-order valence-corrected chi connectivity index (χ4v) is 3.29. The van der Waals surface area contributed by atoms with Gasteiger partial charge >= 0.3 is 0 Å². The van der Waals surface area contributed by atoms with Crippen LogP contribution in [-0.2, 0) is 4.79 Å². The molecule has 0 bridgehead atoms. The Balaban J connectivity index is 1.92. The van der Waals surface area contributed by atoms with Crippen molar-refractivity contribution in [2.45, 2.75) is 4.34 Å². The van der Waals surface area contributed by atoms with E-state index < -0.39 is 0 Å². The molecule has 0 aliphatic carbocycles. The van der Waals surface area contributed by atoms with Gasteiger partial charge in [-0.25, -0.2) is 0 Å². The minimum Gasteiger partial charge on any atom is -0.363 e. The van der Waals surface area contributed by atoms with E-state index >= 15 is 0 Å². The van der Waals surface area contributed by atoms with Crippen LogP contribution in [-0.4, -0.2) is 28.9 Å². The Morgan fingerprint density at radius 1 is 1.35 bits per heavy atom. The van der Waals surface area contributed by atoms with Gasteiger partial charge in [-0.15, -0.1) is 10.2 Å². The molecule has 2 rings (SSSR count). The molecule has 0 saturated heterocycles. The Labute approximate surface area is 134 Å². The molecular weight excluding hydrogens is 339 g/mol. The Kier molecular flexibility index (Phi) is 5.47. The smallest absolute Gasteiger partial charge is 0.234 e. The van der Waals surface area contributed by atoms with Gasteiger partial charge in [0.15, 0.2) is 4.34 Å². The topological polar surface area (TPSA) is 66.9 Å². The molecule has 0 aliphatic heterocycles. The van der Waals surface area contributed by atoms with E-state index in [0.717, 1.165) is 4.34 Å². The number of nitrogens with one attached hydrogen (secondary N) is 2. The van der Waals surface area contributed by atoms with Gasteiger partial charge in [0.25, 0.3) is 0 Å². The zero-order chi connectivity index (χ0) is 14.5. The molecule has 1 aromatic carbocycles. The highest BCUT2D eigenvalue weighted by Crippen LogP contribution is 2.30. The van der Waals surface area contributed by atoms with Crippen molar-refractivity contribution in [3.05, 3.63) is 28.2 Å². The van der Waals surface area contributed by atoms with Crippen molar-refractivity contribution >= 4 is 63.0 Å². The molecule has 5 nitrogen and oxygen atoms in total. The Bertz CT molecular complexity index is 600. The number of carbonyl (C=O) groups is 1. The van der Waals surface area contributed by atoms with Crippen LogP contribution in [0.3, 0.4) is 0 Å². The summed E-state index contributed by atoms with van der Waals surface area (Å²) < 4.78 is 0.717. The molecule has 1 heterocycles. The molecule has 0 aliphatic rings. The lowest BCUT2D eigenvalue weighted by Crippen LogP contribution is -2.14. The van der Waals surface area contributed by atoms with Gasteiger partial charge in [-0.3, -0.25) is 4.79 Å². The second kappa shape index (κ2) is 7.12. The molecule has 0 unspecified atom stereocenters. The molecule has 0 spiro atoms. The maximum absolute atomic E-state index is 11.9. The van der Waals surface area contributed by atoms with Crippen LogP contribution >= 0.6 is 46.3 Å². The lowest BCUT2D eigenvalue weighted by molar-refractivity contribution is -0.113. The summed E-state index contributed by atoms with van der Waals surface area (Å²) in [4.78, 5) is 11.9. The lowest BCUT2D eigenvalue weighted by atomic mass is 10.3. The molecule has 0 radical (unpaired) electrons. The van der Waals surface area contributed by atoms with Crippen molar-refractivity contribution in [2.24, 2.45) is 0 Å². The van der Waals surface area contributed by atoms with Gasteiger partial charge in [0.1, 0.15) is 0 Å². The molecule has 20 heavy (non-hydrogen) atoms. The molecular formula is C11H10Cl2N4OS2. The van der Waals surface area contributed by atoms with E-state index in [-0.39, 0.29) is 11.7 Å². The largest absolute Gasteiger partial charge is 0.363 e. The van der Waals surface area contributed by atoms with E-state index in [1.807, 2.05) is 0 Å². The monoisotopic (exact) mass is 348 g/mol.